The molecule has 0 aliphatic rings. The van der Waals surface area contributed by atoms with E-state index in [0.29, 0.717) is 11.3 Å². The quantitative estimate of drug-likeness (QED) is 0.467. The molecule has 0 saturated heterocycles. The highest BCUT2D eigenvalue weighted by Gasteiger charge is 2.26. The Bertz CT molecular complexity index is 1350. The monoisotopic (exact) mass is 440 g/mol. The van der Waals surface area contributed by atoms with Crippen molar-refractivity contribution < 1.29 is 17.4 Å². The molecular weight excluding hydrogens is 420 g/mol. The number of anilines is 1. The van der Waals surface area contributed by atoms with Crippen LogP contribution in [0.2, 0.25) is 0 Å². The first-order valence-electron chi connectivity index (χ1n) is 9.25. The minimum absolute atomic E-state index is 0.366. The third-order valence-electron chi connectivity index (χ3n) is 4.87. The molecule has 0 bridgehead atoms. The maximum Gasteiger partial charge on any atom is 0.333 e. The van der Waals surface area contributed by atoms with Gasteiger partial charge in [0.2, 0.25) is 5.91 Å². The van der Waals surface area contributed by atoms with Crippen LogP contribution in [0.25, 0.3) is 20.9 Å². The van der Waals surface area contributed by atoms with Gasteiger partial charge in [-0.25, -0.2) is 5.14 Å². The van der Waals surface area contributed by atoms with Gasteiger partial charge in [-0.15, -0.1) is 11.3 Å². The zero-order valence-corrected chi connectivity index (χ0v) is 17.8. The highest BCUT2D eigenvalue weighted by molar-refractivity contribution is 7.84. The Balaban J connectivity index is 1.68. The maximum atomic E-state index is 13.2. The van der Waals surface area contributed by atoms with Crippen LogP contribution in [0.3, 0.4) is 0 Å². The summed E-state index contributed by atoms with van der Waals surface area (Å²) in [6.07, 6.45) is 0. The largest absolute Gasteiger partial charge is 0.333 e. The van der Waals surface area contributed by atoms with Crippen molar-refractivity contribution in [3.05, 3.63) is 77.2 Å². The Hall–Kier alpha value is -2.78. The third kappa shape index (κ3) is 4.52. The predicted molar refractivity (Wildman–Crippen MR) is 121 cm³/mol. The molecule has 0 fully saturated rings. The summed E-state index contributed by atoms with van der Waals surface area (Å²) in [6.45, 7) is 1.59. The number of aryl methyl sites for hydroxylation is 1. The van der Waals surface area contributed by atoms with E-state index in [1.165, 1.54) is 11.3 Å². The lowest BCUT2D eigenvalue weighted by Crippen LogP contribution is -2.28. The van der Waals surface area contributed by atoms with Crippen molar-refractivity contribution >= 4 is 54.1 Å². The van der Waals surface area contributed by atoms with Crippen LogP contribution in [0.5, 0.6) is 0 Å². The number of fused-ring (bicyclic) bond motifs is 2. The normalized spacial score (nSPS) is 12.9. The van der Waals surface area contributed by atoms with Crippen molar-refractivity contribution in [3.63, 3.8) is 0 Å². The van der Waals surface area contributed by atoms with E-state index in [4.69, 9.17) is 9.32 Å². The van der Waals surface area contributed by atoms with Crippen LogP contribution in [-0.2, 0) is 19.3 Å². The predicted octanol–water partition coefficient (Wildman–Crippen LogP) is 4.31. The fourth-order valence-corrected chi connectivity index (χ4v) is 4.72. The van der Waals surface area contributed by atoms with Gasteiger partial charge in [-0.3, -0.25) is 8.98 Å². The molecule has 4 aromatic rings. The first-order valence-corrected chi connectivity index (χ1v) is 11.6. The van der Waals surface area contributed by atoms with Crippen LogP contribution in [0.4, 0.5) is 5.69 Å². The molecular formula is C22H20N2O4S2. The Morgan fingerprint density at radius 1 is 1.10 bits per heavy atom. The molecule has 0 saturated carbocycles. The highest BCUT2D eigenvalue weighted by atomic mass is 32.2. The first kappa shape index (κ1) is 20.5. The summed E-state index contributed by atoms with van der Waals surface area (Å²) in [5.74, 6) is -1.21. The summed E-state index contributed by atoms with van der Waals surface area (Å²) in [5.41, 5.74) is 2.37. The molecule has 1 heterocycles. The Morgan fingerprint density at radius 2 is 1.87 bits per heavy atom. The minimum atomic E-state index is -4.18. The molecule has 3 N–H and O–H groups in total. The number of rotatable bonds is 6. The van der Waals surface area contributed by atoms with Gasteiger partial charge in [0.15, 0.2) is 0 Å². The molecule has 8 heteroatoms. The van der Waals surface area contributed by atoms with Gasteiger partial charge >= 0.3 is 10.3 Å². The number of nitrogens with two attached hydrogens (primary N) is 1. The average Bonchev–Trinajstić information content (AvgIpc) is 3.10. The second kappa shape index (κ2) is 8.16. The van der Waals surface area contributed by atoms with Crippen LogP contribution in [-0.4, -0.2) is 20.9 Å². The van der Waals surface area contributed by atoms with Gasteiger partial charge in [0, 0.05) is 10.4 Å². The van der Waals surface area contributed by atoms with E-state index in [1.807, 2.05) is 73.0 Å². The van der Waals surface area contributed by atoms with Crippen LogP contribution in [0, 0.1) is 6.92 Å². The molecule has 1 atom stereocenters. The lowest BCUT2D eigenvalue weighted by molar-refractivity contribution is -0.118. The lowest BCUT2D eigenvalue weighted by atomic mass is 9.97. The average molecular weight is 441 g/mol. The number of thiophene rings is 1. The van der Waals surface area contributed by atoms with E-state index in [2.05, 4.69) is 5.32 Å². The number of amides is 1. The fourth-order valence-electron chi connectivity index (χ4n) is 3.40. The smallest absolute Gasteiger partial charge is 0.325 e. The Labute approximate surface area is 178 Å². The summed E-state index contributed by atoms with van der Waals surface area (Å²) < 4.78 is 28.6. The molecule has 6 nitrogen and oxygen atoms in total. The van der Waals surface area contributed by atoms with Crippen molar-refractivity contribution in [1.29, 1.82) is 0 Å². The van der Waals surface area contributed by atoms with E-state index < -0.39 is 16.2 Å². The molecule has 1 amide bonds. The molecule has 1 unspecified atom stereocenters. The van der Waals surface area contributed by atoms with E-state index in [-0.39, 0.29) is 12.5 Å². The standard InChI is InChI=1S/C22H20N2O4S2/c1-14-6-9-21-18(10-14)20(13-29-21)19(12-28-30(23,26)27)22(25)24-17-8-7-15-4-2-3-5-16(15)11-17/h2-11,13,19H,12H2,1H3,(H,24,25)(H2,23,26,27). The van der Waals surface area contributed by atoms with E-state index in [1.54, 1.807) is 0 Å². The van der Waals surface area contributed by atoms with Gasteiger partial charge in [-0.05, 0) is 52.2 Å². The van der Waals surface area contributed by atoms with Crippen molar-refractivity contribution in [2.45, 2.75) is 12.8 Å². The van der Waals surface area contributed by atoms with Gasteiger partial charge in [0.05, 0.1) is 12.5 Å². The zero-order valence-electron chi connectivity index (χ0n) is 16.2. The van der Waals surface area contributed by atoms with Crippen molar-refractivity contribution in [1.82, 2.24) is 0 Å². The minimum Gasteiger partial charge on any atom is -0.325 e. The van der Waals surface area contributed by atoms with Crippen LogP contribution in [0.1, 0.15) is 17.0 Å². The van der Waals surface area contributed by atoms with E-state index >= 15 is 0 Å². The molecule has 154 valence electrons. The molecule has 4 rings (SSSR count). The Morgan fingerprint density at radius 3 is 2.63 bits per heavy atom. The lowest BCUT2D eigenvalue weighted by Gasteiger charge is -2.17. The van der Waals surface area contributed by atoms with Gasteiger partial charge < -0.3 is 5.32 Å². The van der Waals surface area contributed by atoms with Crippen LogP contribution < -0.4 is 10.5 Å². The summed E-state index contributed by atoms with van der Waals surface area (Å²) in [4.78, 5) is 13.2. The fraction of sp³-hybridized carbons (Fsp3) is 0.136. The van der Waals surface area contributed by atoms with Gasteiger partial charge in [0.1, 0.15) is 0 Å². The zero-order chi connectivity index (χ0) is 21.3. The molecule has 1 aromatic heterocycles. The number of carbonyl (C=O) groups is 1. The summed E-state index contributed by atoms with van der Waals surface area (Å²) in [7, 11) is -4.18. The summed E-state index contributed by atoms with van der Waals surface area (Å²) >= 11 is 1.49. The van der Waals surface area contributed by atoms with Gasteiger partial charge in [0.25, 0.3) is 0 Å². The van der Waals surface area contributed by atoms with Crippen LogP contribution in [0.15, 0.2) is 66.0 Å². The highest BCUT2D eigenvalue weighted by Crippen LogP contribution is 2.33. The summed E-state index contributed by atoms with van der Waals surface area (Å²) in [5, 5.41) is 12.7. The number of hydrogen-bond donors (Lipinski definition) is 2. The van der Waals surface area contributed by atoms with Crippen molar-refractivity contribution in [3.8, 4) is 0 Å². The molecule has 0 aliphatic heterocycles. The van der Waals surface area contributed by atoms with Crippen molar-refractivity contribution in [2.24, 2.45) is 5.14 Å². The van der Waals surface area contributed by atoms with Gasteiger partial charge in [-0.2, -0.15) is 8.42 Å². The third-order valence-corrected chi connectivity index (χ3v) is 6.31. The number of nitrogens with one attached hydrogen (secondary N) is 1. The second-order valence-corrected chi connectivity index (χ2v) is 9.20. The summed E-state index contributed by atoms with van der Waals surface area (Å²) in [6, 6.07) is 19.4. The van der Waals surface area contributed by atoms with Gasteiger partial charge in [-0.1, -0.05) is 48.0 Å². The molecule has 0 aliphatic carbocycles. The number of carbonyl (C=O) groups excluding carboxylic acids is 1. The topological polar surface area (TPSA) is 98.5 Å². The van der Waals surface area contributed by atoms with E-state index in [9.17, 15) is 13.2 Å². The van der Waals surface area contributed by atoms with E-state index in [0.717, 1.165) is 26.4 Å². The first-order chi connectivity index (χ1) is 14.3. The second-order valence-electron chi connectivity index (χ2n) is 7.07. The molecule has 30 heavy (non-hydrogen) atoms. The SMILES string of the molecule is Cc1ccc2scc(C(COS(N)(=O)=O)C(=O)Nc3ccc4ccccc4c3)c2c1. The van der Waals surface area contributed by atoms with Crippen molar-refractivity contribution in [2.75, 3.05) is 11.9 Å². The number of benzene rings is 3. The van der Waals surface area contributed by atoms with Crippen LogP contribution >= 0.6 is 11.3 Å². The number of hydrogen-bond acceptors (Lipinski definition) is 5. The maximum absolute atomic E-state index is 13.2. The molecule has 0 spiro atoms. The molecule has 3 aromatic carbocycles. The Kier molecular flexibility index (Phi) is 5.57. The molecule has 0 radical (unpaired) electrons.